The summed E-state index contributed by atoms with van der Waals surface area (Å²) in [5.74, 6) is 0.837. The van der Waals surface area contributed by atoms with Crippen LogP contribution >= 0.6 is 11.3 Å². The first-order valence-electron chi connectivity index (χ1n) is 12.4. The number of rotatable bonds is 7. The van der Waals surface area contributed by atoms with E-state index in [9.17, 15) is 14.4 Å². The minimum atomic E-state index is -0.0196. The van der Waals surface area contributed by atoms with Gasteiger partial charge in [-0.15, -0.1) is 11.3 Å². The maximum absolute atomic E-state index is 12.3. The molecule has 0 aliphatic heterocycles. The number of carbonyl (C=O) groups excluding carboxylic acids is 3. The molecule has 33 heavy (non-hydrogen) atoms. The summed E-state index contributed by atoms with van der Waals surface area (Å²) in [4.78, 5) is 35.0. The van der Waals surface area contributed by atoms with Crippen LogP contribution in [0.3, 0.4) is 0 Å². The number of ketones is 2. The highest BCUT2D eigenvalue weighted by Gasteiger charge is 2.32. The molecule has 182 valence electrons. The zero-order valence-electron chi connectivity index (χ0n) is 20.6. The number of hydrogen-bond donors (Lipinski definition) is 2. The molecule has 0 bridgehead atoms. The molecule has 0 saturated heterocycles. The van der Waals surface area contributed by atoms with Crippen molar-refractivity contribution < 1.29 is 14.4 Å². The predicted molar refractivity (Wildman–Crippen MR) is 138 cm³/mol. The molecule has 2 aliphatic rings. The molecule has 2 aromatic rings. The van der Waals surface area contributed by atoms with Crippen LogP contribution in [0.5, 0.6) is 0 Å². The molecule has 2 N–H and O–H groups in total. The predicted octanol–water partition coefficient (Wildman–Crippen LogP) is 5.53. The van der Waals surface area contributed by atoms with Gasteiger partial charge in [-0.3, -0.25) is 14.4 Å². The molecular weight excluding hydrogens is 432 g/mol. The van der Waals surface area contributed by atoms with Gasteiger partial charge in [-0.2, -0.15) is 0 Å². The van der Waals surface area contributed by atoms with Crippen LogP contribution in [-0.4, -0.2) is 36.1 Å². The van der Waals surface area contributed by atoms with Crippen LogP contribution in [0.1, 0.15) is 72.6 Å². The van der Waals surface area contributed by atoms with Gasteiger partial charge in [0.25, 0.3) is 0 Å². The first kappa shape index (κ1) is 27.2. The van der Waals surface area contributed by atoms with Gasteiger partial charge in [-0.05, 0) is 61.4 Å². The van der Waals surface area contributed by atoms with Crippen LogP contribution in [-0.2, 0) is 14.4 Å². The summed E-state index contributed by atoms with van der Waals surface area (Å²) in [6, 6.07) is 11.0. The fraction of sp³-hybridized carbons (Fsp3) is 0.593. The lowest BCUT2D eigenvalue weighted by Crippen LogP contribution is -2.35. The fourth-order valence-electron chi connectivity index (χ4n) is 4.74. The normalized spacial score (nSPS) is 23.8. The van der Waals surface area contributed by atoms with Crippen molar-refractivity contribution in [2.45, 2.75) is 84.7 Å². The van der Waals surface area contributed by atoms with Gasteiger partial charge >= 0.3 is 0 Å². The standard InChI is InChI=1S/C17H28N2O3.C8H6S.C2H6/c1-3-16(21)12-4-6-14(8-12)18-10-17(22)13-5-7-15(9-13)19-11(2)20;1-2-4-8-7(3-1)5-6-9-8;1-2/h12-15,18H,3-10H2,1-2H3,(H,19,20);1-6H;1-2H3. The van der Waals surface area contributed by atoms with Crippen LogP contribution in [0.2, 0.25) is 0 Å². The topological polar surface area (TPSA) is 75.3 Å². The van der Waals surface area contributed by atoms with E-state index in [1.54, 1.807) is 11.3 Å². The van der Waals surface area contributed by atoms with E-state index >= 15 is 0 Å². The third-order valence-electron chi connectivity index (χ3n) is 6.46. The molecule has 4 unspecified atom stereocenters. The molecule has 2 saturated carbocycles. The minimum absolute atomic E-state index is 0.0196. The highest BCUT2D eigenvalue weighted by Crippen LogP contribution is 2.28. The van der Waals surface area contributed by atoms with Crippen LogP contribution in [0.4, 0.5) is 0 Å². The van der Waals surface area contributed by atoms with E-state index in [0.717, 1.165) is 38.5 Å². The Balaban J connectivity index is 0.000000288. The lowest BCUT2D eigenvalue weighted by atomic mass is 10.00. The highest BCUT2D eigenvalue weighted by atomic mass is 32.1. The molecule has 1 aromatic carbocycles. The molecule has 6 heteroatoms. The van der Waals surface area contributed by atoms with Crippen molar-refractivity contribution in [3.8, 4) is 0 Å². The van der Waals surface area contributed by atoms with Gasteiger partial charge in [0.05, 0.1) is 6.54 Å². The number of thiophene rings is 1. The number of amides is 1. The van der Waals surface area contributed by atoms with Crippen molar-refractivity contribution in [1.29, 1.82) is 0 Å². The largest absolute Gasteiger partial charge is 0.354 e. The van der Waals surface area contributed by atoms with E-state index in [0.29, 0.717) is 24.8 Å². The number of hydrogen-bond acceptors (Lipinski definition) is 5. The Labute approximate surface area is 202 Å². The van der Waals surface area contributed by atoms with Crippen molar-refractivity contribution in [1.82, 2.24) is 10.6 Å². The molecule has 1 heterocycles. The van der Waals surface area contributed by atoms with Gasteiger partial charge in [0.1, 0.15) is 11.6 Å². The molecule has 0 spiro atoms. The quantitative estimate of drug-likeness (QED) is 0.556. The molecule has 1 amide bonds. The summed E-state index contributed by atoms with van der Waals surface area (Å²) in [5, 5.41) is 9.70. The number of Topliss-reactive ketones (excluding diaryl/α,β-unsaturated/α-hetero) is 2. The van der Waals surface area contributed by atoms with Gasteiger partial charge in [-0.1, -0.05) is 39.0 Å². The SMILES string of the molecule is CC.CCC(=O)C1CCC(NCC(=O)C2CCC(NC(C)=O)C2)C1.c1ccc2sccc2c1. The van der Waals surface area contributed by atoms with Gasteiger partial charge in [-0.25, -0.2) is 0 Å². The summed E-state index contributed by atoms with van der Waals surface area (Å²) in [6.45, 7) is 7.83. The molecule has 0 radical (unpaired) electrons. The Morgan fingerprint density at radius 2 is 1.55 bits per heavy atom. The first-order chi connectivity index (χ1) is 16.0. The highest BCUT2D eigenvalue weighted by molar-refractivity contribution is 7.17. The monoisotopic (exact) mass is 472 g/mol. The Hall–Kier alpha value is -2.05. The fourth-order valence-corrected chi connectivity index (χ4v) is 5.53. The second-order valence-electron chi connectivity index (χ2n) is 8.74. The van der Waals surface area contributed by atoms with Gasteiger partial charge < -0.3 is 10.6 Å². The lowest BCUT2D eigenvalue weighted by molar-refractivity contribution is -0.122. The molecule has 5 nitrogen and oxygen atoms in total. The molecule has 2 fully saturated rings. The molecule has 4 rings (SSSR count). The van der Waals surface area contributed by atoms with Crippen LogP contribution in [0, 0.1) is 11.8 Å². The van der Waals surface area contributed by atoms with Crippen LogP contribution in [0.25, 0.3) is 10.1 Å². The summed E-state index contributed by atoms with van der Waals surface area (Å²) in [7, 11) is 0. The zero-order chi connectivity index (χ0) is 24.2. The molecule has 4 atom stereocenters. The van der Waals surface area contributed by atoms with Gasteiger partial charge in [0, 0.05) is 42.0 Å². The van der Waals surface area contributed by atoms with E-state index in [1.807, 2.05) is 20.8 Å². The first-order valence-corrected chi connectivity index (χ1v) is 13.3. The van der Waals surface area contributed by atoms with E-state index in [-0.39, 0.29) is 29.6 Å². The van der Waals surface area contributed by atoms with E-state index in [2.05, 4.69) is 46.3 Å². The maximum Gasteiger partial charge on any atom is 0.217 e. The van der Waals surface area contributed by atoms with Gasteiger partial charge in [0.15, 0.2) is 0 Å². The minimum Gasteiger partial charge on any atom is -0.354 e. The molecule has 2 aliphatic carbocycles. The van der Waals surface area contributed by atoms with E-state index < -0.39 is 0 Å². The van der Waals surface area contributed by atoms with E-state index in [1.165, 1.54) is 17.0 Å². The second-order valence-corrected chi connectivity index (χ2v) is 9.69. The van der Waals surface area contributed by atoms with Crippen molar-refractivity contribution in [2.75, 3.05) is 6.54 Å². The Morgan fingerprint density at radius 1 is 0.909 bits per heavy atom. The third kappa shape index (κ3) is 8.67. The van der Waals surface area contributed by atoms with E-state index in [4.69, 9.17) is 0 Å². The maximum atomic E-state index is 12.3. The molecular formula is C27H40N2O3S. The third-order valence-corrected chi connectivity index (χ3v) is 7.36. The Morgan fingerprint density at radius 3 is 2.21 bits per heavy atom. The summed E-state index contributed by atoms with van der Waals surface area (Å²) < 4.78 is 1.37. The molecule has 1 aromatic heterocycles. The lowest BCUT2D eigenvalue weighted by Gasteiger charge is -2.15. The average Bonchev–Trinajstić information content (AvgIpc) is 3.59. The van der Waals surface area contributed by atoms with Crippen LogP contribution in [0.15, 0.2) is 35.7 Å². The van der Waals surface area contributed by atoms with Crippen molar-refractivity contribution in [2.24, 2.45) is 11.8 Å². The number of benzene rings is 1. The summed E-state index contributed by atoms with van der Waals surface area (Å²) in [6.07, 6.45) is 5.96. The number of nitrogens with one attached hydrogen (secondary N) is 2. The number of carbonyl (C=O) groups is 3. The van der Waals surface area contributed by atoms with Crippen LogP contribution < -0.4 is 10.6 Å². The van der Waals surface area contributed by atoms with Crippen molar-refractivity contribution >= 4 is 38.9 Å². The summed E-state index contributed by atoms with van der Waals surface area (Å²) >= 11 is 1.79. The van der Waals surface area contributed by atoms with Crippen molar-refractivity contribution in [3.05, 3.63) is 35.7 Å². The van der Waals surface area contributed by atoms with Crippen molar-refractivity contribution in [3.63, 3.8) is 0 Å². The van der Waals surface area contributed by atoms with Gasteiger partial charge in [0.2, 0.25) is 5.91 Å². The number of fused-ring (bicyclic) bond motifs is 1. The zero-order valence-corrected chi connectivity index (χ0v) is 21.4. The average molecular weight is 473 g/mol. The second kappa shape index (κ2) is 14.3. The summed E-state index contributed by atoms with van der Waals surface area (Å²) in [5.41, 5.74) is 0. The Bertz CT molecular complexity index is 864. The Kier molecular flexibility index (Phi) is 11.8. The smallest absolute Gasteiger partial charge is 0.217 e.